The van der Waals surface area contributed by atoms with Crippen LogP contribution in [-0.4, -0.2) is 56.2 Å². The second-order valence-electron chi connectivity index (χ2n) is 13.7. The molecule has 6 aromatic rings. The van der Waals surface area contributed by atoms with Gasteiger partial charge in [-0.1, -0.05) is 29.3 Å². The van der Waals surface area contributed by atoms with Crippen molar-refractivity contribution in [1.29, 1.82) is 0 Å². The molecule has 1 N–H and O–H groups in total. The molecule has 3 aromatic carbocycles. The molecule has 3 aromatic heterocycles. The number of ether oxygens (including phenoxy) is 2. The van der Waals surface area contributed by atoms with Crippen molar-refractivity contribution in [1.82, 2.24) is 18.9 Å². The standard InChI is InChI=1S/C40H41Cl2N5O5/c1-20-14-26(15-21(2)36(20)42)52-13-9-10-27-28-11-12-30(41)35(34-23(4)43-45(7)24(34)5)37(28)47-22(3)19-46(39(48)38(27)47)32-17-25(51-8)16-31-29(32)18-33(40(49)50)44(31)6/h11-12,14-18,22H,9-10,13,19H2,1-8H3,(H,49,50). The minimum atomic E-state index is -1.05. The lowest BCUT2D eigenvalue weighted by molar-refractivity contribution is 0.0686. The van der Waals surface area contributed by atoms with Crippen LogP contribution in [0.2, 0.25) is 10.0 Å². The summed E-state index contributed by atoms with van der Waals surface area (Å²) >= 11 is 13.5. The number of halogens is 2. The van der Waals surface area contributed by atoms with E-state index in [-0.39, 0.29) is 17.6 Å². The van der Waals surface area contributed by atoms with Gasteiger partial charge in [0, 0.05) is 71.4 Å². The molecule has 4 heterocycles. The van der Waals surface area contributed by atoms with Crippen molar-refractivity contribution in [2.45, 2.75) is 53.5 Å². The highest BCUT2D eigenvalue weighted by Gasteiger charge is 2.38. The zero-order valence-electron chi connectivity index (χ0n) is 30.5. The fourth-order valence-corrected chi connectivity index (χ4v) is 8.23. The quantitative estimate of drug-likeness (QED) is 0.148. The molecule has 1 aliphatic heterocycles. The third-order valence-electron chi connectivity index (χ3n) is 10.4. The Morgan fingerprint density at radius 2 is 1.69 bits per heavy atom. The molecule has 1 aliphatic rings. The first-order valence-corrected chi connectivity index (χ1v) is 18.0. The normalized spacial score (nSPS) is 14.5. The van der Waals surface area contributed by atoms with Gasteiger partial charge in [-0.2, -0.15) is 5.10 Å². The molecule has 10 nitrogen and oxygen atoms in total. The van der Waals surface area contributed by atoms with E-state index in [1.807, 2.05) is 69.8 Å². The number of rotatable bonds is 9. The Hall–Kier alpha value is -4.93. The summed E-state index contributed by atoms with van der Waals surface area (Å²) in [6.45, 7) is 10.8. The van der Waals surface area contributed by atoms with Crippen molar-refractivity contribution in [2.24, 2.45) is 14.1 Å². The molecular weight excluding hydrogens is 701 g/mol. The van der Waals surface area contributed by atoms with Crippen LogP contribution in [0.3, 0.4) is 0 Å². The minimum absolute atomic E-state index is 0.115. The molecule has 1 atom stereocenters. The summed E-state index contributed by atoms with van der Waals surface area (Å²) < 4.78 is 17.5. The average Bonchev–Trinajstić information content (AvgIpc) is 3.71. The first-order valence-electron chi connectivity index (χ1n) is 17.2. The molecular formula is C40H41Cl2N5O5. The monoisotopic (exact) mass is 741 g/mol. The Morgan fingerprint density at radius 1 is 0.981 bits per heavy atom. The van der Waals surface area contributed by atoms with Gasteiger partial charge >= 0.3 is 5.97 Å². The van der Waals surface area contributed by atoms with Gasteiger partial charge in [-0.3, -0.25) is 9.48 Å². The number of carboxylic acids is 1. The summed E-state index contributed by atoms with van der Waals surface area (Å²) in [6, 6.07) is 12.8. The molecule has 0 saturated heterocycles. The summed E-state index contributed by atoms with van der Waals surface area (Å²) in [7, 11) is 5.18. The van der Waals surface area contributed by atoms with Gasteiger partial charge in [0.25, 0.3) is 5.91 Å². The molecule has 270 valence electrons. The Labute approximate surface area is 312 Å². The second kappa shape index (κ2) is 13.2. The molecule has 1 amide bonds. The van der Waals surface area contributed by atoms with Crippen molar-refractivity contribution in [2.75, 3.05) is 25.2 Å². The maximum absolute atomic E-state index is 15.1. The highest BCUT2D eigenvalue weighted by atomic mass is 35.5. The lowest BCUT2D eigenvalue weighted by atomic mass is 9.98. The summed E-state index contributed by atoms with van der Waals surface area (Å²) in [5, 5.41) is 17.6. The van der Waals surface area contributed by atoms with Crippen LogP contribution in [0.1, 0.15) is 68.4 Å². The zero-order valence-corrected chi connectivity index (χ0v) is 32.0. The van der Waals surface area contributed by atoms with Gasteiger partial charge < -0.3 is 28.6 Å². The van der Waals surface area contributed by atoms with Crippen molar-refractivity contribution < 1.29 is 24.2 Å². The second-order valence-corrected chi connectivity index (χ2v) is 14.5. The topological polar surface area (TPSA) is 104 Å². The summed E-state index contributed by atoms with van der Waals surface area (Å²) in [6.07, 6.45) is 1.20. The summed E-state index contributed by atoms with van der Waals surface area (Å²) in [4.78, 5) is 29.0. The number of aromatic carboxylic acids is 1. The fraction of sp³-hybridized carbons (Fsp3) is 0.325. The van der Waals surface area contributed by atoms with Crippen molar-refractivity contribution >= 4 is 62.6 Å². The fourth-order valence-electron chi connectivity index (χ4n) is 7.87. The number of methoxy groups -OCH3 is 1. The van der Waals surface area contributed by atoms with Crippen LogP contribution >= 0.6 is 23.2 Å². The average molecular weight is 743 g/mol. The smallest absolute Gasteiger partial charge is 0.352 e. The lowest BCUT2D eigenvalue weighted by Gasteiger charge is -2.35. The van der Waals surface area contributed by atoms with Crippen LogP contribution in [0, 0.1) is 27.7 Å². The number of anilines is 1. The Morgan fingerprint density at radius 3 is 2.33 bits per heavy atom. The molecule has 0 radical (unpaired) electrons. The number of carboxylic acid groups (broad SMARTS) is 1. The molecule has 0 saturated carbocycles. The molecule has 12 heteroatoms. The van der Waals surface area contributed by atoms with E-state index in [1.165, 1.54) is 0 Å². The van der Waals surface area contributed by atoms with Gasteiger partial charge in [0.05, 0.1) is 41.2 Å². The Kier molecular flexibility index (Phi) is 9.03. The molecule has 0 fully saturated rings. The van der Waals surface area contributed by atoms with Crippen LogP contribution in [-0.2, 0) is 20.5 Å². The number of nitrogens with zero attached hydrogens (tertiary/aromatic N) is 5. The third kappa shape index (κ3) is 5.60. The van der Waals surface area contributed by atoms with E-state index in [1.54, 1.807) is 35.8 Å². The highest BCUT2D eigenvalue weighted by molar-refractivity contribution is 6.35. The van der Waals surface area contributed by atoms with Crippen LogP contribution in [0.15, 0.2) is 42.5 Å². The molecule has 7 rings (SSSR count). The van der Waals surface area contributed by atoms with Gasteiger partial charge in [0.15, 0.2) is 0 Å². The molecule has 0 bridgehead atoms. The van der Waals surface area contributed by atoms with Crippen molar-refractivity contribution in [3.05, 3.63) is 92.0 Å². The van der Waals surface area contributed by atoms with Gasteiger partial charge in [0.2, 0.25) is 0 Å². The van der Waals surface area contributed by atoms with Gasteiger partial charge in [0.1, 0.15) is 22.9 Å². The number of hydrogen-bond acceptors (Lipinski definition) is 5. The van der Waals surface area contributed by atoms with E-state index in [0.717, 1.165) is 60.9 Å². The number of aryl methyl sites for hydroxylation is 6. The van der Waals surface area contributed by atoms with E-state index in [4.69, 9.17) is 37.8 Å². The summed E-state index contributed by atoms with van der Waals surface area (Å²) in [5.41, 5.74) is 9.25. The van der Waals surface area contributed by atoms with E-state index >= 15 is 4.79 Å². The van der Waals surface area contributed by atoms with E-state index in [0.29, 0.717) is 59.0 Å². The zero-order chi connectivity index (χ0) is 37.3. The van der Waals surface area contributed by atoms with Crippen LogP contribution in [0.4, 0.5) is 5.69 Å². The molecule has 1 unspecified atom stereocenters. The van der Waals surface area contributed by atoms with Crippen molar-refractivity contribution in [3.8, 4) is 22.6 Å². The number of amides is 1. The van der Waals surface area contributed by atoms with E-state index < -0.39 is 5.97 Å². The number of aromatic nitrogens is 4. The lowest BCUT2D eigenvalue weighted by Crippen LogP contribution is -2.42. The number of carbonyl (C=O) groups is 2. The maximum atomic E-state index is 15.1. The van der Waals surface area contributed by atoms with E-state index in [2.05, 4.69) is 11.5 Å². The van der Waals surface area contributed by atoms with Gasteiger partial charge in [-0.05, 0) is 88.4 Å². The molecule has 0 spiro atoms. The summed E-state index contributed by atoms with van der Waals surface area (Å²) in [5.74, 6) is 0.0298. The third-order valence-corrected chi connectivity index (χ3v) is 11.3. The molecule has 52 heavy (non-hydrogen) atoms. The first-order chi connectivity index (χ1) is 24.7. The predicted octanol–water partition coefficient (Wildman–Crippen LogP) is 9.01. The Bertz CT molecular complexity index is 2430. The molecule has 0 aliphatic carbocycles. The van der Waals surface area contributed by atoms with Gasteiger partial charge in [-0.15, -0.1) is 0 Å². The van der Waals surface area contributed by atoms with Gasteiger partial charge in [-0.25, -0.2) is 4.79 Å². The minimum Gasteiger partial charge on any atom is -0.497 e. The van der Waals surface area contributed by atoms with Crippen molar-refractivity contribution in [3.63, 3.8) is 0 Å². The van der Waals surface area contributed by atoms with Crippen LogP contribution < -0.4 is 14.4 Å². The van der Waals surface area contributed by atoms with Crippen LogP contribution in [0.5, 0.6) is 11.5 Å². The maximum Gasteiger partial charge on any atom is 0.352 e. The number of fused-ring (bicyclic) bond motifs is 4. The Balaban J connectivity index is 1.40. The van der Waals surface area contributed by atoms with Crippen LogP contribution in [0.25, 0.3) is 32.9 Å². The predicted molar refractivity (Wildman–Crippen MR) is 206 cm³/mol. The number of carbonyl (C=O) groups excluding carboxylic acids is 1. The largest absolute Gasteiger partial charge is 0.497 e. The highest BCUT2D eigenvalue weighted by Crippen LogP contribution is 2.46. The number of hydrogen-bond donors (Lipinski definition) is 1. The van der Waals surface area contributed by atoms with E-state index in [9.17, 15) is 9.90 Å². The number of benzene rings is 3. The SMILES string of the molecule is COc1cc(N2CC(C)n3c(c(CCCOc4cc(C)c(Cl)c(C)c4)c4ccc(Cl)c(-c5c(C)nn(C)c5C)c43)C2=O)c2cc(C(=O)O)n(C)c2c1. The first kappa shape index (κ1) is 35.5.